The predicted octanol–water partition coefficient (Wildman–Crippen LogP) is 3.03. The molecule has 0 saturated heterocycles. The summed E-state index contributed by atoms with van der Waals surface area (Å²) in [7, 11) is 0. The van der Waals surface area contributed by atoms with E-state index in [0.717, 1.165) is 11.1 Å². The van der Waals surface area contributed by atoms with Crippen molar-refractivity contribution in [1.29, 1.82) is 0 Å². The van der Waals surface area contributed by atoms with Crippen LogP contribution < -0.4 is 0 Å². The highest BCUT2D eigenvalue weighted by Crippen LogP contribution is 2.25. The zero-order valence-electron chi connectivity index (χ0n) is 12.9. The Morgan fingerprint density at radius 2 is 1.96 bits per heavy atom. The Morgan fingerprint density at radius 3 is 2.75 bits per heavy atom. The molecule has 5 nitrogen and oxygen atoms in total. The van der Waals surface area contributed by atoms with E-state index >= 15 is 0 Å². The van der Waals surface area contributed by atoms with Gasteiger partial charge in [0.2, 0.25) is 0 Å². The molecule has 2 heterocycles. The Balaban J connectivity index is 1.54. The Labute approximate surface area is 137 Å². The molecule has 2 aromatic carbocycles. The van der Waals surface area contributed by atoms with E-state index in [9.17, 15) is 9.18 Å². The number of carbonyl (C=O) groups excluding carboxylic acids is 1. The van der Waals surface area contributed by atoms with Gasteiger partial charge in [-0.3, -0.25) is 4.79 Å². The van der Waals surface area contributed by atoms with Crippen LogP contribution in [0.5, 0.6) is 0 Å². The van der Waals surface area contributed by atoms with Crippen LogP contribution >= 0.6 is 0 Å². The third-order valence-corrected chi connectivity index (χ3v) is 4.28. The van der Waals surface area contributed by atoms with Gasteiger partial charge in [-0.2, -0.15) is 15.4 Å². The van der Waals surface area contributed by atoms with E-state index in [0.29, 0.717) is 36.2 Å². The van der Waals surface area contributed by atoms with Gasteiger partial charge >= 0.3 is 0 Å². The molecule has 0 unspecified atom stereocenters. The molecule has 1 aliphatic rings. The lowest BCUT2D eigenvalue weighted by Gasteiger charge is -2.27. The van der Waals surface area contributed by atoms with E-state index in [1.165, 1.54) is 6.07 Å². The highest BCUT2D eigenvalue weighted by molar-refractivity contribution is 5.97. The van der Waals surface area contributed by atoms with Crippen LogP contribution in [0.15, 0.2) is 48.5 Å². The van der Waals surface area contributed by atoms with Crippen LogP contribution in [0.4, 0.5) is 4.39 Å². The fourth-order valence-electron chi connectivity index (χ4n) is 2.98. The second-order valence-corrected chi connectivity index (χ2v) is 5.74. The SMILES string of the molecule is O=C(c1ccc2n[nH]nc2c1)N1CC=C(c2ccccc2F)CC1. The minimum Gasteiger partial charge on any atom is -0.335 e. The lowest BCUT2D eigenvalue weighted by atomic mass is 9.98. The minimum absolute atomic E-state index is 0.0521. The number of halogens is 1. The first-order valence-electron chi connectivity index (χ1n) is 7.76. The van der Waals surface area contributed by atoms with Gasteiger partial charge in [-0.1, -0.05) is 24.3 Å². The zero-order valence-corrected chi connectivity index (χ0v) is 12.9. The van der Waals surface area contributed by atoms with Crippen molar-refractivity contribution >= 4 is 22.5 Å². The number of nitrogens with one attached hydrogen (secondary N) is 1. The van der Waals surface area contributed by atoms with E-state index < -0.39 is 0 Å². The van der Waals surface area contributed by atoms with E-state index in [-0.39, 0.29) is 11.7 Å². The molecule has 0 spiro atoms. The van der Waals surface area contributed by atoms with Gasteiger partial charge in [0, 0.05) is 24.2 Å². The number of amides is 1. The summed E-state index contributed by atoms with van der Waals surface area (Å²) in [6.45, 7) is 1.04. The number of aromatic amines is 1. The monoisotopic (exact) mass is 322 g/mol. The normalized spacial score (nSPS) is 14.7. The van der Waals surface area contributed by atoms with Crippen molar-refractivity contribution in [3.05, 3.63) is 65.5 Å². The van der Waals surface area contributed by atoms with Gasteiger partial charge in [0.15, 0.2) is 0 Å². The van der Waals surface area contributed by atoms with Crippen molar-refractivity contribution < 1.29 is 9.18 Å². The van der Waals surface area contributed by atoms with E-state index in [4.69, 9.17) is 0 Å². The number of benzene rings is 2. The summed E-state index contributed by atoms with van der Waals surface area (Å²) in [5.74, 6) is -0.274. The van der Waals surface area contributed by atoms with Gasteiger partial charge in [-0.15, -0.1) is 0 Å². The van der Waals surface area contributed by atoms with Crippen molar-refractivity contribution in [2.24, 2.45) is 0 Å². The molecule has 3 aromatic rings. The molecule has 0 atom stereocenters. The highest BCUT2D eigenvalue weighted by Gasteiger charge is 2.20. The predicted molar refractivity (Wildman–Crippen MR) is 88.8 cm³/mol. The number of fused-ring (bicyclic) bond motifs is 1. The number of hydrogen-bond acceptors (Lipinski definition) is 3. The molecule has 0 bridgehead atoms. The van der Waals surface area contributed by atoms with Gasteiger partial charge in [0.1, 0.15) is 16.9 Å². The molecular weight excluding hydrogens is 307 g/mol. The molecule has 1 amide bonds. The molecular formula is C18H15FN4O. The topological polar surface area (TPSA) is 61.9 Å². The zero-order chi connectivity index (χ0) is 16.5. The molecule has 1 aliphatic heterocycles. The number of aromatic nitrogens is 3. The molecule has 6 heteroatoms. The summed E-state index contributed by atoms with van der Waals surface area (Å²) >= 11 is 0. The Bertz CT molecular complexity index is 947. The fraction of sp³-hybridized carbons (Fsp3) is 0.167. The number of rotatable bonds is 2. The lowest BCUT2D eigenvalue weighted by molar-refractivity contribution is 0.0773. The largest absolute Gasteiger partial charge is 0.335 e. The van der Waals surface area contributed by atoms with Crippen LogP contribution in [-0.4, -0.2) is 39.3 Å². The van der Waals surface area contributed by atoms with Crippen LogP contribution in [0.3, 0.4) is 0 Å². The van der Waals surface area contributed by atoms with Crippen LogP contribution in [0.1, 0.15) is 22.3 Å². The van der Waals surface area contributed by atoms with Crippen molar-refractivity contribution in [2.75, 3.05) is 13.1 Å². The summed E-state index contributed by atoms with van der Waals surface area (Å²) in [5, 5.41) is 10.5. The van der Waals surface area contributed by atoms with Gasteiger partial charge in [-0.05, 0) is 36.3 Å². The molecule has 0 radical (unpaired) electrons. The maximum atomic E-state index is 13.9. The second kappa shape index (κ2) is 5.88. The average Bonchev–Trinajstić information content (AvgIpc) is 3.09. The van der Waals surface area contributed by atoms with Crippen LogP contribution in [0.2, 0.25) is 0 Å². The maximum Gasteiger partial charge on any atom is 0.254 e. The molecule has 120 valence electrons. The van der Waals surface area contributed by atoms with Gasteiger partial charge in [0.05, 0.1) is 0 Å². The third kappa shape index (κ3) is 2.56. The third-order valence-electron chi connectivity index (χ3n) is 4.28. The van der Waals surface area contributed by atoms with Gasteiger partial charge in [-0.25, -0.2) is 4.39 Å². The molecule has 1 N–H and O–H groups in total. The summed E-state index contributed by atoms with van der Waals surface area (Å²) in [4.78, 5) is 14.4. The smallest absolute Gasteiger partial charge is 0.254 e. The molecule has 0 saturated carbocycles. The van der Waals surface area contributed by atoms with Gasteiger partial charge in [0.25, 0.3) is 5.91 Å². The summed E-state index contributed by atoms with van der Waals surface area (Å²) in [6, 6.07) is 12.0. The quantitative estimate of drug-likeness (QED) is 0.789. The lowest BCUT2D eigenvalue weighted by Crippen LogP contribution is -2.34. The average molecular weight is 322 g/mol. The molecule has 1 aromatic heterocycles. The first-order chi connectivity index (χ1) is 11.7. The number of H-pyrrole nitrogens is 1. The number of hydrogen-bond donors (Lipinski definition) is 1. The minimum atomic E-state index is -0.222. The molecule has 4 rings (SSSR count). The van der Waals surface area contributed by atoms with Crippen molar-refractivity contribution in [3.8, 4) is 0 Å². The van der Waals surface area contributed by atoms with Gasteiger partial charge < -0.3 is 4.90 Å². The van der Waals surface area contributed by atoms with Crippen LogP contribution in [0.25, 0.3) is 16.6 Å². The molecule has 24 heavy (non-hydrogen) atoms. The molecule has 0 fully saturated rings. The summed E-state index contributed by atoms with van der Waals surface area (Å²) < 4.78 is 13.9. The van der Waals surface area contributed by atoms with Crippen molar-refractivity contribution in [1.82, 2.24) is 20.3 Å². The fourth-order valence-corrected chi connectivity index (χ4v) is 2.98. The number of nitrogens with zero attached hydrogens (tertiary/aromatic N) is 3. The second-order valence-electron chi connectivity index (χ2n) is 5.74. The summed E-state index contributed by atoms with van der Waals surface area (Å²) in [6.07, 6.45) is 2.56. The number of carbonyl (C=O) groups is 1. The van der Waals surface area contributed by atoms with Crippen LogP contribution in [0, 0.1) is 5.82 Å². The Kier molecular flexibility index (Phi) is 3.57. The standard InChI is InChI=1S/C18H15FN4O/c19-15-4-2-1-3-14(15)12-7-9-23(10-8-12)18(24)13-5-6-16-17(11-13)21-22-20-16/h1-7,11H,8-10H2,(H,20,21,22). The first kappa shape index (κ1) is 14.6. The van der Waals surface area contributed by atoms with Crippen LogP contribution in [-0.2, 0) is 0 Å². The maximum absolute atomic E-state index is 13.9. The molecule has 0 aliphatic carbocycles. The van der Waals surface area contributed by atoms with E-state index in [2.05, 4.69) is 15.4 Å². The Hall–Kier alpha value is -3.02. The van der Waals surface area contributed by atoms with E-state index in [1.807, 2.05) is 12.1 Å². The Morgan fingerprint density at radius 1 is 1.12 bits per heavy atom. The van der Waals surface area contributed by atoms with Crippen molar-refractivity contribution in [2.45, 2.75) is 6.42 Å². The van der Waals surface area contributed by atoms with Crippen molar-refractivity contribution in [3.63, 3.8) is 0 Å². The highest BCUT2D eigenvalue weighted by atomic mass is 19.1. The summed E-state index contributed by atoms with van der Waals surface area (Å²) in [5.41, 5.74) is 3.55. The first-order valence-corrected chi connectivity index (χ1v) is 7.76. The van der Waals surface area contributed by atoms with E-state index in [1.54, 1.807) is 35.2 Å².